The zero-order valence-corrected chi connectivity index (χ0v) is 18.5. The third-order valence-corrected chi connectivity index (χ3v) is 5.88. The van der Waals surface area contributed by atoms with E-state index in [9.17, 15) is 28.4 Å². The molecule has 5 amide bonds. The Morgan fingerprint density at radius 1 is 1.17 bits per heavy atom. The summed E-state index contributed by atoms with van der Waals surface area (Å²) in [5.41, 5.74) is 6.30. The quantitative estimate of drug-likeness (QED) is 0.346. The summed E-state index contributed by atoms with van der Waals surface area (Å²) in [6, 6.07) is 7.42. The first-order valence-electron chi connectivity index (χ1n) is 10.8. The van der Waals surface area contributed by atoms with Gasteiger partial charge in [-0.1, -0.05) is 17.3 Å². The van der Waals surface area contributed by atoms with Crippen molar-refractivity contribution in [1.82, 2.24) is 25.2 Å². The van der Waals surface area contributed by atoms with Gasteiger partial charge in [0.1, 0.15) is 24.1 Å². The molecular formula is C23H18FN7O5. The second-order valence-corrected chi connectivity index (χ2v) is 8.26. The van der Waals surface area contributed by atoms with E-state index < -0.39 is 41.4 Å². The molecule has 2 aliphatic heterocycles. The lowest BCUT2D eigenvalue weighted by Gasteiger charge is -2.27. The van der Waals surface area contributed by atoms with E-state index >= 15 is 0 Å². The standard InChI is InChI=1S/C23H18FN7O5/c24-13-8-11(4-5-14(13)25)16-9-30(29-28-16)10-19(33)26-15-3-1-2-12-20(15)23(36)31(22(12)35)17-6-7-18(32)27-21(17)34/h1-5,8-9,17H,6-7,10,25H2,(H,26,33)(H,27,32,34). The number of benzene rings is 2. The maximum absolute atomic E-state index is 13.7. The number of fused-ring (bicyclic) bond motifs is 1. The van der Waals surface area contributed by atoms with E-state index in [2.05, 4.69) is 20.9 Å². The number of nitrogens with two attached hydrogens (primary N) is 1. The smallest absolute Gasteiger partial charge is 0.264 e. The Morgan fingerprint density at radius 3 is 2.72 bits per heavy atom. The number of aromatic nitrogens is 3. The highest BCUT2D eigenvalue weighted by Gasteiger charge is 2.45. The monoisotopic (exact) mass is 491 g/mol. The molecule has 1 unspecified atom stereocenters. The minimum Gasteiger partial charge on any atom is -0.396 e. The molecule has 0 spiro atoms. The summed E-state index contributed by atoms with van der Waals surface area (Å²) in [4.78, 5) is 63.3. The first-order chi connectivity index (χ1) is 17.2. The molecule has 3 heterocycles. The van der Waals surface area contributed by atoms with Crippen LogP contribution in [0.15, 0.2) is 42.6 Å². The minimum atomic E-state index is -1.12. The lowest BCUT2D eigenvalue weighted by molar-refractivity contribution is -0.136. The maximum atomic E-state index is 13.7. The van der Waals surface area contributed by atoms with Crippen LogP contribution in [0.2, 0.25) is 0 Å². The van der Waals surface area contributed by atoms with Gasteiger partial charge in [0, 0.05) is 12.0 Å². The van der Waals surface area contributed by atoms with Crippen LogP contribution in [0.25, 0.3) is 11.3 Å². The summed E-state index contributed by atoms with van der Waals surface area (Å²) in [6.45, 7) is -0.285. The predicted octanol–water partition coefficient (Wildman–Crippen LogP) is 0.706. The number of halogens is 1. The molecule has 0 saturated carbocycles. The molecule has 3 aromatic rings. The average molecular weight is 491 g/mol. The number of rotatable bonds is 5. The number of nitrogens with zero attached hydrogens (tertiary/aromatic N) is 4. The van der Waals surface area contributed by atoms with Gasteiger partial charge in [0.05, 0.1) is 28.7 Å². The highest BCUT2D eigenvalue weighted by molar-refractivity contribution is 6.26. The van der Waals surface area contributed by atoms with Crippen LogP contribution in [0.1, 0.15) is 33.6 Å². The third-order valence-electron chi connectivity index (χ3n) is 5.88. The maximum Gasteiger partial charge on any atom is 0.264 e. The molecule has 5 rings (SSSR count). The first kappa shape index (κ1) is 22.8. The van der Waals surface area contributed by atoms with E-state index in [4.69, 9.17) is 5.73 Å². The molecule has 36 heavy (non-hydrogen) atoms. The van der Waals surface area contributed by atoms with Crippen molar-refractivity contribution in [3.8, 4) is 11.3 Å². The number of amides is 5. The molecule has 13 heteroatoms. The Kier molecular flexibility index (Phi) is 5.51. The van der Waals surface area contributed by atoms with Crippen LogP contribution in [0.4, 0.5) is 15.8 Å². The van der Waals surface area contributed by atoms with Crippen molar-refractivity contribution >= 4 is 40.9 Å². The molecule has 1 atom stereocenters. The molecule has 2 aliphatic rings. The van der Waals surface area contributed by atoms with Crippen molar-refractivity contribution in [2.75, 3.05) is 11.1 Å². The van der Waals surface area contributed by atoms with Crippen LogP contribution in [0.3, 0.4) is 0 Å². The summed E-state index contributed by atoms with van der Waals surface area (Å²) in [7, 11) is 0. The molecule has 1 aromatic heterocycles. The number of carbonyl (C=O) groups is 5. The zero-order valence-electron chi connectivity index (χ0n) is 18.5. The Hall–Kier alpha value is -4.94. The van der Waals surface area contributed by atoms with Gasteiger partial charge in [-0.3, -0.25) is 34.2 Å². The van der Waals surface area contributed by atoms with Crippen molar-refractivity contribution in [2.45, 2.75) is 25.4 Å². The van der Waals surface area contributed by atoms with E-state index in [0.717, 1.165) is 4.90 Å². The number of imide groups is 2. The van der Waals surface area contributed by atoms with Crippen LogP contribution in [0, 0.1) is 5.82 Å². The largest absolute Gasteiger partial charge is 0.396 e. The van der Waals surface area contributed by atoms with Gasteiger partial charge in [-0.2, -0.15) is 0 Å². The number of hydrogen-bond acceptors (Lipinski definition) is 8. The zero-order chi connectivity index (χ0) is 25.6. The van der Waals surface area contributed by atoms with Gasteiger partial charge in [-0.15, -0.1) is 5.10 Å². The van der Waals surface area contributed by atoms with E-state index in [0.29, 0.717) is 11.3 Å². The van der Waals surface area contributed by atoms with Gasteiger partial charge in [-0.05, 0) is 30.7 Å². The van der Waals surface area contributed by atoms with Crippen molar-refractivity contribution in [3.63, 3.8) is 0 Å². The molecule has 0 radical (unpaired) electrons. The molecule has 0 bridgehead atoms. The van der Waals surface area contributed by atoms with Crippen molar-refractivity contribution in [3.05, 3.63) is 59.5 Å². The third kappa shape index (κ3) is 3.96. The Labute approximate surface area is 202 Å². The van der Waals surface area contributed by atoms with Crippen molar-refractivity contribution < 1.29 is 28.4 Å². The Balaban J connectivity index is 1.33. The summed E-state index contributed by atoms with van der Waals surface area (Å²) in [5, 5.41) is 12.5. The van der Waals surface area contributed by atoms with E-state index in [1.54, 1.807) is 6.07 Å². The lowest BCUT2D eigenvalue weighted by Crippen LogP contribution is -2.54. The summed E-state index contributed by atoms with van der Waals surface area (Å²) < 4.78 is 15.0. The average Bonchev–Trinajstić information content (AvgIpc) is 3.39. The summed E-state index contributed by atoms with van der Waals surface area (Å²) >= 11 is 0. The second-order valence-electron chi connectivity index (χ2n) is 8.26. The minimum absolute atomic E-state index is 0.00366. The molecule has 0 aliphatic carbocycles. The number of hydrogen-bond donors (Lipinski definition) is 3. The molecular weight excluding hydrogens is 473 g/mol. The molecule has 182 valence electrons. The van der Waals surface area contributed by atoms with Crippen LogP contribution in [-0.4, -0.2) is 55.5 Å². The van der Waals surface area contributed by atoms with Gasteiger partial charge in [0.15, 0.2) is 0 Å². The lowest BCUT2D eigenvalue weighted by atomic mass is 10.0. The number of anilines is 2. The molecule has 12 nitrogen and oxygen atoms in total. The van der Waals surface area contributed by atoms with Crippen LogP contribution in [0.5, 0.6) is 0 Å². The number of nitrogens with one attached hydrogen (secondary N) is 2. The topological polar surface area (TPSA) is 169 Å². The van der Waals surface area contributed by atoms with Crippen LogP contribution >= 0.6 is 0 Å². The van der Waals surface area contributed by atoms with Crippen LogP contribution in [-0.2, 0) is 20.9 Å². The number of piperidine rings is 1. The Morgan fingerprint density at radius 2 is 1.97 bits per heavy atom. The first-order valence-corrected chi connectivity index (χ1v) is 10.8. The molecule has 4 N–H and O–H groups in total. The second kappa shape index (κ2) is 8.69. The van der Waals surface area contributed by atoms with Gasteiger partial charge in [-0.25, -0.2) is 9.07 Å². The van der Waals surface area contributed by atoms with Gasteiger partial charge in [0.2, 0.25) is 17.7 Å². The van der Waals surface area contributed by atoms with Gasteiger partial charge < -0.3 is 11.1 Å². The Bertz CT molecular complexity index is 1470. The SMILES string of the molecule is Nc1ccc(-c2cn(CC(=O)Nc3cccc4c3C(=O)N(C3CCC(=O)NC3=O)C4=O)nn2)cc1F. The normalized spacial score (nSPS) is 17.2. The highest BCUT2D eigenvalue weighted by atomic mass is 19.1. The van der Waals surface area contributed by atoms with Gasteiger partial charge >= 0.3 is 0 Å². The number of carbonyl (C=O) groups excluding carboxylic acids is 5. The number of nitrogen functional groups attached to an aromatic ring is 1. The fourth-order valence-electron chi connectivity index (χ4n) is 4.15. The fraction of sp³-hybridized carbons (Fsp3) is 0.174. The summed E-state index contributed by atoms with van der Waals surface area (Å²) in [6.07, 6.45) is 1.46. The van der Waals surface area contributed by atoms with Crippen molar-refractivity contribution in [1.29, 1.82) is 0 Å². The fourth-order valence-corrected chi connectivity index (χ4v) is 4.15. The molecule has 1 saturated heterocycles. The van der Waals surface area contributed by atoms with Crippen molar-refractivity contribution in [2.24, 2.45) is 0 Å². The molecule has 2 aromatic carbocycles. The van der Waals surface area contributed by atoms with Gasteiger partial charge in [0.25, 0.3) is 11.8 Å². The van der Waals surface area contributed by atoms with E-state index in [1.165, 1.54) is 41.2 Å². The van der Waals surface area contributed by atoms with E-state index in [1.807, 2.05) is 0 Å². The highest BCUT2D eigenvalue weighted by Crippen LogP contribution is 2.32. The molecule has 1 fully saturated rings. The van der Waals surface area contributed by atoms with E-state index in [-0.39, 0.29) is 41.9 Å². The summed E-state index contributed by atoms with van der Waals surface area (Å²) in [5.74, 6) is -3.80. The van der Waals surface area contributed by atoms with Crippen LogP contribution < -0.4 is 16.4 Å². The predicted molar refractivity (Wildman–Crippen MR) is 122 cm³/mol.